The Morgan fingerprint density at radius 1 is 1.00 bits per heavy atom. The van der Waals surface area contributed by atoms with Gasteiger partial charge < -0.3 is 23.7 Å². The molecule has 0 fully saturated rings. The summed E-state index contributed by atoms with van der Waals surface area (Å²) < 4.78 is 27.3. The summed E-state index contributed by atoms with van der Waals surface area (Å²) >= 11 is 0. The van der Waals surface area contributed by atoms with E-state index in [1.807, 2.05) is 50.2 Å². The fourth-order valence-corrected chi connectivity index (χ4v) is 4.02. The highest BCUT2D eigenvalue weighted by molar-refractivity contribution is 6.04. The number of carbonyl (C=O) groups is 2. The van der Waals surface area contributed by atoms with Crippen LogP contribution in [0.15, 0.2) is 42.1 Å². The summed E-state index contributed by atoms with van der Waals surface area (Å²) in [6, 6.07) is 11.3. The lowest BCUT2D eigenvalue weighted by Crippen LogP contribution is -2.34. The Kier molecular flexibility index (Phi) is 9.53. The SMILES string of the molecule is CCOCc1cc(OC)c(-c2ccc(C=C(NC(=O)OC(C)(C)C)C(=O)OC)c3ccc(C)nc23)c(OC)c1. The van der Waals surface area contributed by atoms with Crippen LogP contribution in [0.3, 0.4) is 0 Å². The van der Waals surface area contributed by atoms with Gasteiger partial charge in [-0.2, -0.15) is 0 Å². The molecular weight excluding hydrogens is 500 g/mol. The molecule has 0 aliphatic carbocycles. The number of alkyl carbamates (subject to hydrolysis) is 1. The number of benzene rings is 2. The summed E-state index contributed by atoms with van der Waals surface area (Å²) in [4.78, 5) is 29.8. The molecule has 0 atom stereocenters. The number of nitrogens with one attached hydrogen (secondary N) is 1. The molecule has 0 aliphatic heterocycles. The van der Waals surface area contributed by atoms with E-state index in [-0.39, 0.29) is 5.70 Å². The van der Waals surface area contributed by atoms with E-state index >= 15 is 0 Å². The van der Waals surface area contributed by atoms with Crippen LogP contribution in [0.5, 0.6) is 11.5 Å². The highest BCUT2D eigenvalue weighted by Crippen LogP contribution is 2.43. The van der Waals surface area contributed by atoms with Crippen molar-refractivity contribution < 1.29 is 33.3 Å². The molecule has 0 saturated heterocycles. The number of amides is 1. The highest BCUT2D eigenvalue weighted by Gasteiger charge is 2.22. The number of aromatic nitrogens is 1. The highest BCUT2D eigenvalue weighted by atomic mass is 16.6. The van der Waals surface area contributed by atoms with Crippen molar-refractivity contribution in [1.29, 1.82) is 0 Å². The van der Waals surface area contributed by atoms with Gasteiger partial charge in [0.1, 0.15) is 22.8 Å². The normalized spacial score (nSPS) is 11.7. The van der Waals surface area contributed by atoms with Gasteiger partial charge in [0.05, 0.1) is 39.0 Å². The molecule has 9 heteroatoms. The van der Waals surface area contributed by atoms with Gasteiger partial charge in [0.25, 0.3) is 0 Å². The zero-order valence-electron chi connectivity index (χ0n) is 23.8. The minimum Gasteiger partial charge on any atom is -0.496 e. The van der Waals surface area contributed by atoms with Crippen molar-refractivity contribution in [2.24, 2.45) is 0 Å². The average Bonchev–Trinajstić information content (AvgIpc) is 2.89. The average molecular weight is 537 g/mol. The molecule has 1 aromatic heterocycles. The lowest BCUT2D eigenvalue weighted by atomic mass is 9.95. The fourth-order valence-electron chi connectivity index (χ4n) is 4.02. The Bertz CT molecular complexity index is 1370. The quantitative estimate of drug-likeness (QED) is 0.270. The van der Waals surface area contributed by atoms with E-state index in [9.17, 15) is 9.59 Å². The van der Waals surface area contributed by atoms with Gasteiger partial charge in [-0.15, -0.1) is 0 Å². The van der Waals surface area contributed by atoms with Crippen LogP contribution in [0.1, 0.15) is 44.5 Å². The lowest BCUT2D eigenvalue weighted by Gasteiger charge is -2.20. The van der Waals surface area contributed by atoms with Gasteiger partial charge in [-0.25, -0.2) is 9.59 Å². The second-order valence-corrected chi connectivity index (χ2v) is 9.74. The van der Waals surface area contributed by atoms with Crippen molar-refractivity contribution >= 4 is 29.0 Å². The summed E-state index contributed by atoms with van der Waals surface area (Å²) in [6.07, 6.45) is 0.772. The van der Waals surface area contributed by atoms with Gasteiger partial charge in [-0.1, -0.05) is 18.2 Å². The number of rotatable bonds is 9. The van der Waals surface area contributed by atoms with Crippen LogP contribution < -0.4 is 14.8 Å². The van der Waals surface area contributed by atoms with Gasteiger partial charge in [-0.05, 0) is 70.0 Å². The van der Waals surface area contributed by atoms with Crippen molar-refractivity contribution in [1.82, 2.24) is 10.3 Å². The van der Waals surface area contributed by atoms with Crippen LogP contribution in [0, 0.1) is 6.92 Å². The van der Waals surface area contributed by atoms with Gasteiger partial charge in [0, 0.05) is 23.3 Å². The molecule has 1 N–H and O–H groups in total. The molecular formula is C30H36N2O7. The fraction of sp³-hybridized carbons (Fsp3) is 0.367. The number of pyridine rings is 1. The molecule has 1 amide bonds. The largest absolute Gasteiger partial charge is 0.496 e. The number of aryl methyl sites for hydroxylation is 1. The molecule has 1 heterocycles. The minimum absolute atomic E-state index is 0.0724. The molecule has 0 saturated carbocycles. The zero-order chi connectivity index (χ0) is 28.7. The van der Waals surface area contributed by atoms with E-state index in [0.29, 0.717) is 35.8 Å². The summed E-state index contributed by atoms with van der Waals surface area (Å²) in [5.41, 5.74) is 3.73. The summed E-state index contributed by atoms with van der Waals surface area (Å²) in [5.74, 6) is 0.504. The molecule has 3 aromatic rings. The summed E-state index contributed by atoms with van der Waals surface area (Å²) in [7, 11) is 4.45. The number of ether oxygens (including phenoxy) is 5. The maximum atomic E-state index is 12.6. The topological polar surface area (TPSA) is 105 Å². The first-order chi connectivity index (χ1) is 18.5. The monoisotopic (exact) mass is 536 g/mol. The first-order valence-corrected chi connectivity index (χ1v) is 12.5. The van der Waals surface area contributed by atoms with Gasteiger partial charge >= 0.3 is 12.1 Å². The van der Waals surface area contributed by atoms with E-state index in [2.05, 4.69) is 5.32 Å². The molecule has 0 radical (unpaired) electrons. The number of nitrogens with zero attached hydrogens (tertiary/aromatic N) is 1. The molecule has 0 bridgehead atoms. The Hall–Kier alpha value is -4.11. The number of carbonyl (C=O) groups excluding carboxylic acids is 2. The van der Waals surface area contributed by atoms with Gasteiger partial charge in [-0.3, -0.25) is 10.3 Å². The van der Waals surface area contributed by atoms with E-state index in [4.69, 9.17) is 28.7 Å². The van der Waals surface area contributed by atoms with Gasteiger partial charge in [0.15, 0.2) is 0 Å². The Labute approximate surface area is 229 Å². The second-order valence-electron chi connectivity index (χ2n) is 9.74. The van der Waals surface area contributed by atoms with Crippen molar-refractivity contribution in [2.45, 2.75) is 46.8 Å². The van der Waals surface area contributed by atoms with Crippen LogP contribution in [0.25, 0.3) is 28.1 Å². The smallest absolute Gasteiger partial charge is 0.412 e. The zero-order valence-corrected chi connectivity index (χ0v) is 23.8. The van der Waals surface area contributed by atoms with Crippen molar-refractivity contribution in [3.63, 3.8) is 0 Å². The lowest BCUT2D eigenvalue weighted by molar-refractivity contribution is -0.136. The Morgan fingerprint density at radius 3 is 2.23 bits per heavy atom. The first kappa shape index (κ1) is 29.4. The molecule has 9 nitrogen and oxygen atoms in total. The number of hydrogen-bond acceptors (Lipinski definition) is 8. The number of methoxy groups -OCH3 is 3. The van der Waals surface area contributed by atoms with E-state index < -0.39 is 17.7 Å². The maximum Gasteiger partial charge on any atom is 0.412 e. The van der Waals surface area contributed by atoms with Crippen molar-refractivity contribution in [3.8, 4) is 22.6 Å². The second kappa shape index (κ2) is 12.6. The number of esters is 1. The van der Waals surface area contributed by atoms with Crippen LogP contribution in [0.4, 0.5) is 4.79 Å². The van der Waals surface area contributed by atoms with Gasteiger partial charge in [0.2, 0.25) is 0 Å². The van der Waals surface area contributed by atoms with E-state index in [1.54, 1.807) is 41.1 Å². The molecule has 0 aliphatic rings. The predicted octanol–water partition coefficient (Wildman–Crippen LogP) is 5.80. The van der Waals surface area contributed by atoms with Crippen LogP contribution in [0.2, 0.25) is 0 Å². The molecule has 0 unspecified atom stereocenters. The third-order valence-corrected chi connectivity index (χ3v) is 5.68. The van der Waals surface area contributed by atoms with E-state index in [0.717, 1.165) is 27.8 Å². The van der Waals surface area contributed by atoms with Crippen molar-refractivity contribution in [3.05, 3.63) is 58.9 Å². The molecule has 0 spiro atoms. The number of fused-ring (bicyclic) bond motifs is 1. The van der Waals surface area contributed by atoms with Crippen molar-refractivity contribution in [2.75, 3.05) is 27.9 Å². The summed E-state index contributed by atoms with van der Waals surface area (Å²) in [5, 5.41) is 3.25. The molecule has 2 aromatic carbocycles. The van der Waals surface area contributed by atoms with Crippen LogP contribution >= 0.6 is 0 Å². The standard InChI is InChI=1S/C30H36N2O7/c1-9-38-17-19-14-24(35-6)26(25(15-19)36-7)22-13-11-20(21-12-10-18(2)31-27(21)22)16-23(28(33)37-8)32-29(34)39-30(3,4)5/h10-16H,9,17H2,1-8H3,(H,32,34). The van der Waals surface area contributed by atoms with Crippen LogP contribution in [-0.2, 0) is 25.6 Å². The third-order valence-electron chi connectivity index (χ3n) is 5.68. The predicted molar refractivity (Wildman–Crippen MR) is 150 cm³/mol. The third kappa shape index (κ3) is 7.26. The maximum absolute atomic E-state index is 12.6. The first-order valence-electron chi connectivity index (χ1n) is 12.5. The number of hydrogen-bond donors (Lipinski definition) is 1. The minimum atomic E-state index is -0.768. The Morgan fingerprint density at radius 2 is 1.67 bits per heavy atom. The Balaban J connectivity index is 2.21. The molecule has 208 valence electrons. The molecule has 3 rings (SSSR count). The summed E-state index contributed by atoms with van der Waals surface area (Å²) in [6.45, 7) is 10.1. The van der Waals surface area contributed by atoms with Crippen LogP contribution in [-0.4, -0.2) is 50.6 Å². The van der Waals surface area contributed by atoms with E-state index in [1.165, 1.54) is 7.11 Å². The molecule has 39 heavy (non-hydrogen) atoms.